The van der Waals surface area contributed by atoms with Crippen molar-refractivity contribution >= 4 is 51.7 Å². The van der Waals surface area contributed by atoms with Crippen LogP contribution in [0.5, 0.6) is 0 Å². The van der Waals surface area contributed by atoms with Crippen LogP contribution < -0.4 is 5.32 Å². The van der Waals surface area contributed by atoms with Crippen molar-refractivity contribution in [3.63, 3.8) is 0 Å². The molecule has 0 bridgehead atoms. The zero-order valence-corrected chi connectivity index (χ0v) is 21.2. The lowest BCUT2D eigenvalue weighted by Crippen LogP contribution is -2.25. The number of nitrogens with zero attached hydrogens (tertiary/aromatic N) is 3. The lowest BCUT2D eigenvalue weighted by atomic mass is 9.98. The van der Waals surface area contributed by atoms with Gasteiger partial charge in [0.05, 0.1) is 11.8 Å². The summed E-state index contributed by atoms with van der Waals surface area (Å²) in [5.74, 6) is -3.04. The number of carbonyl (C=O) groups excluding carboxylic acids is 2. The third-order valence-corrected chi connectivity index (χ3v) is 7.44. The van der Waals surface area contributed by atoms with E-state index in [9.17, 15) is 18.4 Å². The average molecular weight is 539 g/mol. The van der Waals surface area contributed by atoms with Crippen LogP contribution in [0.25, 0.3) is 0 Å². The summed E-state index contributed by atoms with van der Waals surface area (Å²) >= 11 is 7.25. The van der Waals surface area contributed by atoms with E-state index in [4.69, 9.17) is 16.7 Å². The number of hydrogen-bond donors (Lipinski definition) is 1. The molecule has 37 heavy (non-hydrogen) atoms. The number of thioether (sulfide) groups is 1. The van der Waals surface area contributed by atoms with Crippen LogP contribution in [0.4, 0.5) is 14.5 Å². The first kappa shape index (κ1) is 25.1. The average Bonchev–Trinajstić information content (AvgIpc) is 3.46. The number of halogens is 3. The fourth-order valence-corrected chi connectivity index (χ4v) is 5.30. The fourth-order valence-electron chi connectivity index (χ4n) is 4.11. The molecule has 10 heteroatoms. The standard InChI is InChI=1S/C27H21ClF2N4O2S/c1-15-2-4-16(5-3-15)22-13-23(17-6-8-18(28)9-7-17)34(33-22)27-32-26(36)24(37-27)14-25(35)31-19-10-11-20(29)21(30)12-19/h2-12,23-24H,13-14H2,1H3,(H,31,35)/t23-,24+/m0/s1. The maximum absolute atomic E-state index is 13.5. The molecule has 2 aliphatic rings. The predicted octanol–water partition coefficient (Wildman–Crippen LogP) is 6.10. The van der Waals surface area contributed by atoms with Crippen molar-refractivity contribution in [3.8, 4) is 0 Å². The van der Waals surface area contributed by atoms with E-state index in [0.29, 0.717) is 16.6 Å². The van der Waals surface area contributed by atoms with Gasteiger partial charge < -0.3 is 5.32 Å². The molecule has 3 aromatic carbocycles. The number of hydrazone groups is 1. The Morgan fingerprint density at radius 1 is 1.08 bits per heavy atom. The molecule has 2 aliphatic heterocycles. The van der Waals surface area contributed by atoms with E-state index in [1.807, 2.05) is 43.3 Å². The lowest BCUT2D eigenvalue weighted by molar-refractivity contribution is -0.121. The van der Waals surface area contributed by atoms with Crippen molar-refractivity contribution in [2.75, 3.05) is 5.32 Å². The van der Waals surface area contributed by atoms with Crippen LogP contribution in [-0.2, 0) is 9.59 Å². The Labute approximate surface area is 221 Å². The molecule has 0 saturated carbocycles. The quantitative estimate of drug-likeness (QED) is 0.426. The van der Waals surface area contributed by atoms with Crippen LogP contribution in [0.2, 0.25) is 5.02 Å². The number of anilines is 1. The number of benzene rings is 3. The molecule has 0 fully saturated rings. The summed E-state index contributed by atoms with van der Waals surface area (Å²) in [5, 5.41) is 9.30. The van der Waals surface area contributed by atoms with Gasteiger partial charge in [0.15, 0.2) is 16.8 Å². The summed E-state index contributed by atoms with van der Waals surface area (Å²) in [4.78, 5) is 29.5. The molecule has 3 aromatic rings. The van der Waals surface area contributed by atoms with E-state index in [2.05, 4.69) is 10.3 Å². The first-order valence-corrected chi connectivity index (χ1v) is 12.8. The van der Waals surface area contributed by atoms with E-state index in [1.54, 1.807) is 17.1 Å². The third kappa shape index (κ3) is 5.57. The first-order valence-electron chi connectivity index (χ1n) is 11.5. The lowest BCUT2D eigenvalue weighted by Gasteiger charge is -2.23. The molecule has 5 rings (SSSR count). The predicted molar refractivity (Wildman–Crippen MR) is 142 cm³/mol. The molecule has 0 aliphatic carbocycles. The Balaban J connectivity index is 1.34. The van der Waals surface area contributed by atoms with Gasteiger partial charge in [0.25, 0.3) is 5.91 Å². The maximum atomic E-state index is 13.5. The Hall–Kier alpha value is -3.56. The van der Waals surface area contributed by atoms with Crippen molar-refractivity contribution in [3.05, 3.63) is 100 Å². The van der Waals surface area contributed by atoms with Gasteiger partial charge in [-0.3, -0.25) is 9.59 Å². The van der Waals surface area contributed by atoms with Gasteiger partial charge in [-0.15, -0.1) is 0 Å². The molecule has 0 spiro atoms. The fraction of sp³-hybridized carbons (Fsp3) is 0.185. The molecule has 2 atom stereocenters. The highest BCUT2D eigenvalue weighted by Gasteiger charge is 2.39. The summed E-state index contributed by atoms with van der Waals surface area (Å²) in [6, 6.07) is 18.4. The molecular formula is C27H21ClF2N4O2S. The monoisotopic (exact) mass is 538 g/mol. The van der Waals surface area contributed by atoms with Gasteiger partial charge in [0.1, 0.15) is 5.25 Å². The summed E-state index contributed by atoms with van der Waals surface area (Å²) in [6.45, 7) is 2.02. The SMILES string of the molecule is Cc1ccc(C2=NN(C3=NC(=O)[C@@H](CC(=O)Nc4ccc(F)c(F)c4)S3)[C@H](c3ccc(Cl)cc3)C2)cc1. The molecule has 0 aromatic heterocycles. The van der Waals surface area contributed by atoms with Crippen molar-refractivity contribution in [1.29, 1.82) is 0 Å². The van der Waals surface area contributed by atoms with E-state index >= 15 is 0 Å². The molecular weight excluding hydrogens is 518 g/mol. The summed E-state index contributed by atoms with van der Waals surface area (Å²) in [6.07, 6.45) is 0.420. The highest BCUT2D eigenvalue weighted by Crippen LogP contribution is 2.39. The minimum Gasteiger partial charge on any atom is -0.326 e. The van der Waals surface area contributed by atoms with E-state index in [1.165, 1.54) is 6.07 Å². The Kier molecular flexibility index (Phi) is 7.08. The van der Waals surface area contributed by atoms with Crippen LogP contribution in [-0.4, -0.2) is 33.0 Å². The van der Waals surface area contributed by atoms with Crippen LogP contribution in [0.3, 0.4) is 0 Å². The molecule has 6 nitrogen and oxygen atoms in total. The van der Waals surface area contributed by atoms with Crippen LogP contribution in [0.15, 0.2) is 76.8 Å². The smallest absolute Gasteiger partial charge is 0.262 e. The molecule has 2 heterocycles. The first-order chi connectivity index (χ1) is 17.8. The number of aliphatic imine (C=N–C) groups is 1. The second-order valence-corrected chi connectivity index (χ2v) is 10.4. The van der Waals surface area contributed by atoms with E-state index in [0.717, 1.165) is 46.3 Å². The molecule has 0 saturated heterocycles. The molecule has 0 unspecified atom stereocenters. The number of aryl methyl sites for hydroxylation is 1. The number of rotatable bonds is 5. The van der Waals surface area contributed by atoms with Gasteiger partial charge in [-0.05, 0) is 42.3 Å². The number of nitrogens with one attached hydrogen (secondary N) is 1. The number of amidine groups is 1. The number of amides is 2. The van der Waals surface area contributed by atoms with Gasteiger partial charge in [0, 0.05) is 29.6 Å². The minimum atomic E-state index is -1.07. The van der Waals surface area contributed by atoms with Crippen LogP contribution >= 0.6 is 23.4 Å². The van der Waals surface area contributed by atoms with Gasteiger partial charge in [0.2, 0.25) is 5.91 Å². The molecule has 2 amide bonds. The van der Waals surface area contributed by atoms with Gasteiger partial charge in [-0.2, -0.15) is 10.1 Å². The van der Waals surface area contributed by atoms with Crippen molar-refractivity contribution in [2.45, 2.75) is 31.1 Å². The van der Waals surface area contributed by atoms with Crippen molar-refractivity contribution in [1.82, 2.24) is 5.01 Å². The van der Waals surface area contributed by atoms with Crippen LogP contribution in [0.1, 0.15) is 35.6 Å². The largest absolute Gasteiger partial charge is 0.326 e. The molecule has 0 radical (unpaired) electrons. The van der Waals surface area contributed by atoms with Crippen molar-refractivity contribution in [2.24, 2.45) is 10.1 Å². The summed E-state index contributed by atoms with van der Waals surface area (Å²) in [5.41, 5.74) is 4.04. The third-order valence-electron chi connectivity index (χ3n) is 6.05. The summed E-state index contributed by atoms with van der Waals surface area (Å²) in [7, 11) is 0. The number of hydrogen-bond acceptors (Lipinski definition) is 5. The molecule has 188 valence electrons. The second kappa shape index (κ2) is 10.4. The Morgan fingerprint density at radius 3 is 2.51 bits per heavy atom. The van der Waals surface area contributed by atoms with Crippen molar-refractivity contribution < 1.29 is 18.4 Å². The zero-order chi connectivity index (χ0) is 26.1. The number of carbonyl (C=O) groups is 2. The normalized spacial score (nSPS) is 19.1. The zero-order valence-electron chi connectivity index (χ0n) is 19.6. The van der Waals surface area contributed by atoms with Gasteiger partial charge >= 0.3 is 0 Å². The second-order valence-electron chi connectivity index (χ2n) is 8.75. The Bertz CT molecular complexity index is 1430. The highest BCUT2D eigenvalue weighted by molar-refractivity contribution is 8.15. The minimum absolute atomic E-state index is 0.107. The molecule has 1 N–H and O–H groups in total. The van der Waals surface area contributed by atoms with Crippen LogP contribution in [0, 0.1) is 18.6 Å². The van der Waals surface area contributed by atoms with E-state index < -0.39 is 28.7 Å². The van der Waals surface area contributed by atoms with Gasteiger partial charge in [-0.1, -0.05) is 65.3 Å². The maximum Gasteiger partial charge on any atom is 0.262 e. The van der Waals surface area contributed by atoms with E-state index in [-0.39, 0.29) is 18.2 Å². The summed E-state index contributed by atoms with van der Waals surface area (Å²) < 4.78 is 26.6. The topological polar surface area (TPSA) is 74.1 Å². The highest BCUT2D eigenvalue weighted by atomic mass is 35.5. The van der Waals surface area contributed by atoms with Gasteiger partial charge in [-0.25, -0.2) is 13.8 Å². The Morgan fingerprint density at radius 2 is 1.81 bits per heavy atom.